The van der Waals surface area contributed by atoms with Crippen molar-refractivity contribution >= 4 is 11.9 Å². The van der Waals surface area contributed by atoms with Gasteiger partial charge in [-0.3, -0.25) is 9.59 Å². The van der Waals surface area contributed by atoms with E-state index in [0.29, 0.717) is 25.7 Å². The molecule has 3 unspecified atom stereocenters. The third kappa shape index (κ3) is 47.8. The van der Waals surface area contributed by atoms with Gasteiger partial charge in [-0.05, 0) is 89.9 Å². The van der Waals surface area contributed by atoms with Crippen LogP contribution in [0, 0.1) is 0 Å². The highest BCUT2D eigenvalue weighted by atomic mass is 16.5. The molecular formula is C60H107NO5. The highest BCUT2D eigenvalue weighted by Crippen LogP contribution is 2.18. The fraction of sp³-hybridized carbons (Fsp3) is 0.767. The van der Waals surface area contributed by atoms with Crippen LogP contribution in [0.5, 0.6) is 0 Å². The van der Waals surface area contributed by atoms with Crippen LogP contribution in [-0.4, -0.2) is 46.9 Å². The van der Waals surface area contributed by atoms with Crippen LogP contribution in [0.1, 0.15) is 271 Å². The number of amides is 1. The number of carbonyl (C=O) groups excluding carboxylic acids is 2. The fourth-order valence-electron chi connectivity index (χ4n) is 8.29. The number of aliphatic hydroxyl groups excluding tert-OH is 2. The van der Waals surface area contributed by atoms with Gasteiger partial charge < -0.3 is 20.3 Å². The number of rotatable bonds is 50. The van der Waals surface area contributed by atoms with Gasteiger partial charge in [0.25, 0.3) is 0 Å². The predicted octanol–water partition coefficient (Wildman–Crippen LogP) is 17.3. The minimum Gasteiger partial charge on any atom is -0.462 e. The van der Waals surface area contributed by atoms with Gasteiger partial charge >= 0.3 is 5.97 Å². The summed E-state index contributed by atoms with van der Waals surface area (Å²) in [5, 5.41) is 23.9. The Morgan fingerprint density at radius 3 is 1.26 bits per heavy atom. The Kier molecular flexibility index (Phi) is 51.1. The lowest BCUT2D eigenvalue weighted by molar-refractivity contribution is -0.151. The number of hydrogen-bond donors (Lipinski definition) is 3. The van der Waals surface area contributed by atoms with Crippen LogP contribution in [-0.2, 0) is 14.3 Å². The van der Waals surface area contributed by atoms with Crippen molar-refractivity contribution in [1.82, 2.24) is 5.32 Å². The average molecular weight is 923 g/mol. The van der Waals surface area contributed by atoms with E-state index >= 15 is 0 Å². The number of esters is 1. The lowest BCUT2D eigenvalue weighted by atomic mass is 10.0. The van der Waals surface area contributed by atoms with Gasteiger partial charge in [0.2, 0.25) is 5.91 Å². The molecule has 0 aliphatic carbocycles. The second kappa shape index (κ2) is 53.3. The molecule has 0 aliphatic rings. The van der Waals surface area contributed by atoms with Crippen molar-refractivity contribution in [3.8, 4) is 0 Å². The van der Waals surface area contributed by atoms with Crippen molar-refractivity contribution < 1.29 is 24.5 Å². The fourth-order valence-corrected chi connectivity index (χ4v) is 8.29. The summed E-state index contributed by atoms with van der Waals surface area (Å²) in [6.07, 6.45) is 68.2. The van der Waals surface area contributed by atoms with Crippen LogP contribution in [0.2, 0.25) is 0 Å². The van der Waals surface area contributed by atoms with E-state index < -0.39 is 18.2 Å². The lowest BCUT2D eigenvalue weighted by Gasteiger charge is -2.24. The van der Waals surface area contributed by atoms with E-state index in [2.05, 4.69) is 99.0 Å². The maximum atomic E-state index is 13.3. The molecular weight excluding hydrogens is 815 g/mol. The summed E-state index contributed by atoms with van der Waals surface area (Å²) in [6.45, 7) is 6.37. The minimum atomic E-state index is -0.803. The molecule has 0 radical (unpaired) electrons. The molecule has 382 valence electrons. The first-order valence-corrected chi connectivity index (χ1v) is 28.2. The summed E-state index contributed by atoms with van der Waals surface area (Å²) in [6, 6.07) is -0.719. The Labute approximate surface area is 409 Å². The Morgan fingerprint density at radius 1 is 0.455 bits per heavy atom. The smallest absolute Gasteiger partial charge is 0.306 e. The van der Waals surface area contributed by atoms with Crippen molar-refractivity contribution in [3.05, 3.63) is 72.9 Å². The van der Waals surface area contributed by atoms with Gasteiger partial charge in [0, 0.05) is 6.42 Å². The zero-order chi connectivity index (χ0) is 48.1. The normalized spacial score (nSPS) is 13.7. The molecule has 0 aromatic heterocycles. The highest BCUT2D eigenvalue weighted by Gasteiger charge is 2.24. The van der Waals surface area contributed by atoms with E-state index in [1.807, 2.05) is 0 Å². The van der Waals surface area contributed by atoms with Gasteiger partial charge in [-0.15, -0.1) is 0 Å². The standard InChI is InChI=1S/C60H107NO5/c1-4-7-10-13-16-19-22-25-28-29-32-35-38-41-44-47-50-53-60(65)66-56(51-48-45-42-39-36-33-30-26-23-20-17-14-11-8-5-2)54-59(64)61-57(55-62)58(63)52-49-46-43-40-37-34-31-27-24-21-18-15-12-9-6-3/h7,10,16,19,25-26,28,30,32,35,41,44,56-58,62-63H,4-6,8-9,11-15,17-18,20-24,27,29,31,33-34,36-40,42-43,45-55H2,1-3H3,(H,61,64)/b10-7-,19-16-,28-25-,30-26+,35-32-,44-41-. The van der Waals surface area contributed by atoms with Crippen molar-refractivity contribution in [2.24, 2.45) is 0 Å². The molecule has 3 N–H and O–H groups in total. The zero-order valence-corrected chi connectivity index (χ0v) is 43.6. The number of hydrogen-bond acceptors (Lipinski definition) is 5. The molecule has 0 fully saturated rings. The molecule has 0 aliphatic heterocycles. The summed E-state index contributed by atoms with van der Waals surface area (Å²) < 4.78 is 5.92. The van der Waals surface area contributed by atoms with Crippen molar-refractivity contribution in [1.29, 1.82) is 0 Å². The van der Waals surface area contributed by atoms with E-state index in [1.54, 1.807) is 0 Å². The molecule has 0 spiro atoms. The van der Waals surface area contributed by atoms with Crippen LogP contribution >= 0.6 is 0 Å². The molecule has 0 rings (SSSR count). The summed E-state index contributed by atoms with van der Waals surface area (Å²) in [4.78, 5) is 26.2. The number of allylic oxidation sites excluding steroid dienone is 12. The predicted molar refractivity (Wildman–Crippen MR) is 287 cm³/mol. The zero-order valence-electron chi connectivity index (χ0n) is 43.6. The van der Waals surface area contributed by atoms with Gasteiger partial charge in [-0.2, -0.15) is 0 Å². The molecule has 0 aromatic carbocycles. The third-order valence-electron chi connectivity index (χ3n) is 12.5. The monoisotopic (exact) mass is 922 g/mol. The Bertz CT molecular complexity index is 1220. The molecule has 0 heterocycles. The first-order chi connectivity index (χ1) is 32.5. The van der Waals surface area contributed by atoms with Gasteiger partial charge in [0.15, 0.2) is 0 Å². The highest BCUT2D eigenvalue weighted by molar-refractivity contribution is 5.77. The quantitative estimate of drug-likeness (QED) is 0.0321. The van der Waals surface area contributed by atoms with E-state index in [0.717, 1.165) is 83.5 Å². The number of nitrogens with one attached hydrogen (secondary N) is 1. The van der Waals surface area contributed by atoms with E-state index in [1.165, 1.54) is 135 Å². The maximum Gasteiger partial charge on any atom is 0.306 e. The Morgan fingerprint density at radius 2 is 0.818 bits per heavy atom. The van der Waals surface area contributed by atoms with Gasteiger partial charge in [0.05, 0.1) is 25.2 Å². The van der Waals surface area contributed by atoms with Gasteiger partial charge in [-0.25, -0.2) is 0 Å². The number of unbranched alkanes of at least 4 members (excludes halogenated alkanes) is 26. The average Bonchev–Trinajstić information content (AvgIpc) is 3.31. The molecule has 1 amide bonds. The molecule has 0 saturated heterocycles. The van der Waals surface area contributed by atoms with Crippen LogP contribution in [0.3, 0.4) is 0 Å². The lowest BCUT2D eigenvalue weighted by Crippen LogP contribution is -2.46. The summed E-state index contributed by atoms with van der Waals surface area (Å²) >= 11 is 0. The molecule has 6 nitrogen and oxygen atoms in total. The van der Waals surface area contributed by atoms with Crippen LogP contribution < -0.4 is 5.32 Å². The number of aliphatic hydroxyl groups is 2. The first-order valence-electron chi connectivity index (χ1n) is 28.2. The molecule has 0 saturated carbocycles. The molecule has 0 aromatic rings. The molecule has 6 heteroatoms. The SMILES string of the molecule is CC/C=C\C/C=C\C/C=C\C/C=C\C/C=C\CCCC(=O)OC(CCCCCCC/C=C/CCCCCCCC)CC(=O)NC(CO)C(O)CCCCCCCCCCCCCCCCC. The van der Waals surface area contributed by atoms with Crippen LogP contribution in [0.4, 0.5) is 0 Å². The first kappa shape index (κ1) is 63.3. The minimum absolute atomic E-state index is 0.0477. The summed E-state index contributed by atoms with van der Waals surface area (Å²) in [7, 11) is 0. The van der Waals surface area contributed by atoms with Crippen molar-refractivity contribution in [3.63, 3.8) is 0 Å². The van der Waals surface area contributed by atoms with Gasteiger partial charge in [-0.1, -0.05) is 241 Å². The second-order valence-corrected chi connectivity index (χ2v) is 19.0. The summed E-state index contributed by atoms with van der Waals surface area (Å²) in [5.41, 5.74) is 0. The van der Waals surface area contributed by atoms with Crippen LogP contribution in [0.15, 0.2) is 72.9 Å². The maximum absolute atomic E-state index is 13.3. The van der Waals surface area contributed by atoms with E-state index in [9.17, 15) is 19.8 Å². The molecule has 0 bridgehead atoms. The second-order valence-electron chi connectivity index (χ2n) is 19.0. The molecule has 3 atom stereocenters. The van der Waals surface area contributed by atoms with Gasteiger partial charge in [0.1, 0.15) is 6.10 Å². The Hall–Kier alpha value is -2.70. The van der Waals surface area contributed by atoms with Crippen molar-refractivity contribution in [2.75, 3.05) is 6.61 Å². The number of ether oxygens (including phenoxy) is 1. The van der Waals surface area contributed by atoms with E-state index in [-0.39, 0.29) is 24.9 Å². The summed E-state index contributed by atoms with van der Waals surface area (Å²) in [5.74, 6) is -0.547. The van der Waals surface area contributed by atoms with Crippen LogP contribution in [0.25, 0.3) is 0 Å². The molecule has 66 heavy (non-hydrogen) atoms. The van der Waals surface area contributed by atoms with Crippen molar-refractivity contribution in [2.45, 2.75) is 289 Å². The number of carbonyl (C=O) groups is 2. The third-order valence-corrected chi connectivity index (χ3v) is 12.5. The topological polar surface area (TPSA) is 95.9 Å². The van der Waals surface area contributed by atoms with E-state index in [4.69, 9.17) is 4.74 Å². The Balaban J connectivity index is 4.66. The largest absolute Gasteiger partial charge is 0.462 e.